The number of aromatic amines is 1. The van der Waals surface area contributed by atoms with Crippen LogP contribution in [0.3, 0.4) is 0 Å². The first-order chi connectivity index (χ1) is 9.83. The van der Waals surface area contributed by atoms with Gasteiger partial charge in [0.05, 0.1) is 32.9 Å². The van der Waals surface area contributed by atoms with Crippen molar-refractivity contribution in [3.63, 3.8) is 0 Å². The maximum Gasteiger partial charge on any atom is 0.305 e. The minimum Gasteiger partial charge on any atom is -0.427 e. The van der Waals surface area contributed by atoms with Gasteiger partial charge in [-0.05, 0) is 18.1 Å². The molecule has 1 N–H and O–H groups in total. The Bertz CT molecular complexity index is 756. The molecule has 0 radical (unpaired) electrons. The standard InChI is InChI=1S/C14H12Cl3NO3/c1-6(19)21-14(2)13-7(3-4-20-14)10-11(17)8(15)5-9(16)12(10)18-13/h5,18H,3-4H2,1-2H3. The fourth-order valence-corrected chi connectivity index (χ4v) is 3.51. The number of esters is 1. The summed E-state index contributed by atoms with van der Waals surface area (Å²) in [4.78, 5) is 14.5. The first kappa shape index (κ1) is 15.0. The van der Waals surface area contributed by atoms with Crippen molar-refractivity contribution in [3.8, 4) is 0 Å². The van der Waals surface area contributed by atoms with E-state index in [4.69, 9.17) is 44.3 Å². The van der Waals surface area contributed by atoms with Crippen LogP contribution in [0.2, 0.25) is 15.1 Å². The predicted molar refractivity (Wildman–Crippen MR) is 82.1 cm³/mol. The van der Waals surface area contributed by atoms with E-state index < -0.39 is 11.8 Å². The predicted octanol–water partition coefficient (Wildman–Crippen LogP) is 4.44. The largest absolute Gasteiger partial charge is 0.427 e. The van der Waals surface area contributed by atoms with Gasteiger partial charge in [0.15, 0.2) is 0 Å². The second-order valence-corrected chi connectivity index (χ2v) is 6.21. The Morgan fingerprint density at radius 2 is 2.10 bits per heavy atom. The molecule has 1 atom stereocenters. The highest BCUT2D eigenvalue weighted by molar-refractivity contribution is 6.48. The fourth-order valence-electron chi connectivity index (χ4n) is 2.74. The summed E-state index contributed by atoms with van der Waals surface area (Å²) in [7, 11) is 0. The molecule has 0 aliphatic carbocycles. The van der Waals surface area contributed by atoms with Crippen LogP contribution in [-0.2, 0) is 26.5 Å². The van der Waals surface area contributed by atoms with Crippen molar-refractivity contribution in [1.82, 2.24) is 4.98 Å². The van der Waals surface area contributed by atoms with E-state index in [1.165, 1.54) is 6.92 Å². The summed E-state index contributed by atoms with van der Waals surface area (Å²) in [6.45, 7) is 3.43. The van der Waals surface area contributed by atoms with Gasteiger partial charge in [-0.1, -0.05) is 34.8 Å². The number of carbonyl (C=O) groups is 1. The zero-order chi connectivity index (χ0) is 15.4. The van der Waals surface area contributed by atoms with Crippen molar-refractivity contribution in [2.24, 2.45) is 0 Å². The lowest BCUT2D eigenvalue weighted by atomic mass is 10.0. The molecule has 21 heavy (non-hydrogen) atoms. The smallest absolute Gasteiger partial charge is 0.305 e. The van der Waals surface area contributed by atoms with Crippen LogP contribution in [0.1, 0.15) is 25.1 Å². The normalized spacial score (nSPS) is 21.4. The average molecular weight is 349 g/mol. The van der Waals surface area contributed by atoms with Gasteiger partial charge in [0.25, 0.3) is 5.79 Å². The second kappa shape index (κ2) is 5.06. The third kappa shape index (κ3) is 2.30. The molecule has 0 bridgehead atoms. The monoisotopic (exact) mass is 347 g/mol. The molecule has 1 aromatic carbocycles. The average Bonchev–Trinajstić information content (AvgIpc) is 2.77. The van der Waals surface area contributed by atoms with E-state index in [1.54, 1.807) is 13.0 Å². The summed E-state index contributed by atoms with van der Waals surface area (Å²) in [6, 6.07) is 1.58. The molecule has 0 saturated heterocycles. The number of halogens is 3. The lowest BCUT2D eigenvalue weighted by Crippen LogP contribution is -2.36. The molecule has 0 fully saturated rings. The van der Waals surface area contributed by atoms with Crippen molar-refractivity contribution < 1.29 is 14.3 Å². The summed E-state index contributed by atoms with van der Waals surface area (Å²) in [5.41, 5.74) is 2.22. The number of fused-ring (bicyclic) bond motifs is 3. The maximum absolute atomic E-state index is 11.3. The number of rotatable bonds is 1. The molecular formula is C14H12Cl3NO3. The number of carbonyl (C=O) groups excluding carboxylic acids is 1. The molecule has 2 aromatic rings. The van der Waals surface area contributed by atoms with Crippen molar-refractivity contribution in [3.05, 3.63) is 32.4 Å². The molecule has 3 rings (SSSR count). The van der Waals surface area contributed by atoms with Crippen molar-refractivity contribution in [2.75, 3.05) is 6.61 Å². The topological polar surface area (TPSA) is 51.3 Å². The minimum atomic E-state index is -1.18. The SMILES string of the molecule is CC(=O)OC1(C)OCCc2c1[nH]c1c(Cl)cc(Cl)c(Cl)c21. The zero-order valence-electron chi connectivity index (χ0n) is 11.4. The lowest BCUT2D eigenvalue weighted by Gasteiger charge is -2.32. The molecule has 0 spiro atoms. The minimum absolute atomic E-state index is 0.386. The molecule has 0 amide bonds. The molecule has 112 valence electrons. The van der Waals surface area contributed by atoms with Crippen LogP contribution >= 0.6 is 34.8 Å². The van der Waals surface area contributed by atoms with E-state index in [1.807, 2.05) is 0 Å². The van der Waals surface area contributed by atoms with Crippen molar-refractivity contribution in [1.29, 1.82) is 0 Å². The number of hydrogen-bond acceptors (Lipinski definition) is 3. The first-order valence-corrected chi connectivity index (χ1v) is 7.49. The van der Waals surface area contributed by atoms with Crippen LogP contribution in [0, 0.1) is 0 Å². The van der Waals surface area contributed by atoms with Gasteiger partial charge in [0.1, 0.15) is 0 Å². The Morgan fingerprint density at radius 3 is 2.76 bits per heavy atom. The van der Waals surface area contributed by atoms with E-state index in [9.17, 15) is 4.79 Å². The molecule has 0 saturated carbocycles. The van der Waals surface area contributed by atoms with Gasteiger partial charge in [0, 0.05) is 19.2 Å². The Hall–Kier alpha value is -0.940. The maximum atomic E-state index is 11.3. The number of nitrogens with one attached hydrogen (secondary N) is 1. The molecule has 1 aliphatic heterocycles. The van der Waals surface area contributed by atoms with Gasteiger partial charge in [-0.15, -0.1) is 0 Å². The second-order valence-electron chi connectivity index (χ2n) is 5.02. The van der Waals surface area contributed by atoms with Gasteiger partial charge in [0.2, 0.25) is 0 Å². The number of aromatic nitrogens is 1. The van der Waals surface area contributed by atoms with Crippen molar-refractivity contribution in [2.45, 2.75) is 26.1 Å². The highest BCUT2D eigenvalue weighted by Crippen LogP contribution is 2.44. The molecule has 4 nitrogen and oxygen atoms in total. The van der Waals surface area contributed by atoms with Gasteiger partial charge >= 0.3 is 5.97 Å². The van der Waals surface area contributed by atoms with Crippen LogP contribution in [-0.4, -0.2) is 17.6 Å². The van der Waals surface area contributed by atoms with Crippen LogP contribution in [0.15, 0.2) is 6.07 Å². The summed E-state index contributed by atoms with van der Waals surface area (Å²) in [5, 5.41) is 2.03. The fraction of sp³-hybridized carbons (Fsp3) is 0.357. The first-order valence-electron chi connectivity index (χ1n) is 6.35. The Kier molecular flexibility index (Phi) is 3.61. The summed E-state index contributed by atoms with van der Waals surface area (Å²) >= 11 is 18.6. The number of H-pyrrole nitrogens is 1. The van der Waals surface area contributed by atoms with E-state index >= 15 is 0 Å². The van der Waals surface area contributed by atoms with Gasteiger partial charge < -0.3 is 14.5 Å². The van der Waals surface area contributed by atoms with Crippen LogP contribution in [0.5, 0.6) is 0 Å². The molecule has 1 unspecified atom stereocenters. The van der Waals surface area contributed by atoms with Crippen LogP contribution < -0.4 is 0 Å². The highest BCUT2D eigenvalue weighted by Gasteiger charge is 2.40. The Morgan fingerprint density at radius 1 is 1.38 bits per heavy atom. The van der Waals surface area contributed by atoms with Gasteiger partial charge in [-0.25, -0.2) is 0 Å². The van der Waals surface area contributed by atoms with E-state index in [0.717, 1.165) is 10.9 Å². The van der Waals surface area contributed by atoms with Gasteiger partial charge in [-0.2, -0.15) is 0 Å². The van der Waals surface area contributed by atoms with Crippen LogP contribution in [0.4, 0.5) is 0 Å². The molecule has 7 heteroatoms. The third-order valence-corrected chi connectivity index (χ3v) is 4.63. The highest BCUT2D eigenvalue weighted by atomic mass is 35.5. The summed E-state index contributed by atoms with van der Waals surface area (Å²) in [5.74, 6) is -1.61. The van der Waals surface area contributed by atoms with Gasteiger partial charge in [-0.3, -0.25) is 4.79 Å². The van der Waals surface area contributed by atoms with E-state index in [2.05, 4.69) is 4.98 Å². The quantitative estimate of drug-likeness (QED) is 0.612. The van der Waals surface area contributed by atoms with Crippen LogP contribution in [0.25, 0.3) is 10.9 Å². The van der Waals surface area contributed by atoms with E-state index in [-0.39, 0.29) is 0 Å². The zero-order valence-corrected chi connectivity index (χ0v) is 13.6. The Labute approximate surface area is 136 Å². The Balaban J connectivity index is 2.31. The molecule has 1 aromatic heterocycles. The molecular weight excluding hydrogens is 337 g/mol. The third-order valence-electron chi connectivity index (χ3n) is 3.55. The molecule has 1 aliphatic rings. The number of hydrogen-bond donors (Lipinski definition) is 1. The molecule has 2 heterocycles. The van der Waals surface area contributed by atoms with E-state index in [0.29, 0.717) is 39.3 Å². The lowest BCUT2D eigenvalue weighted by molar-refractivity contribution is -0.234. The summed E-state index contributed by atoms with van der Waals surface area (Å²) in [6.07, 6.45) is 0.628. The number of benzene rings is 1. The van der Waals surface area contributed by atoms with Crippen molar-refractivity contribution >= 4 is 51.7 Å². The number of ether oxygens (including phenoxy) is 2. The summed E-state index contributed by atoms with van der Waals surface area (Å²) < 4.78 is 11.0.